The first kappa shape index (κ1) is 30.8. The largest absolute Gasteiger partial charge is 0.343 e. The quantitative estimate of drug-likeness (QED) is 0.145. The molecule has 1 atom stereocenters. The second-order valence-corrected chi connectivity index (χ2v) is 11.4. The number of nitrogens with zero attached hydrogens (tertiary/aromatic N) is 2. The van der Waals surface area contributed by atoms with E-state index in [0.29, 0.717) is 29.7 Å². The number of rotatable bonds is 11. The van der Waals surface area contributed by atoms with Gasteiger partial charge in [0, 0.05) is 36.5 Å². The van der Waals surface area contributed by atoms with E-state index in [4.69, 9.17) is 0 Å². The first-order valence-electron chi connectivity index (χ1n) is 13.5. The van der Waals surface area contributed by atoms with E-state index in [2.05, 4.69) is 10.0 Å². The Hall–Kier alpha value is -5.10. The fraction of sp³-hybridized carbons (Fsp3) is 0.194. The van der Waals surface area contributed by atoms with E-state index in [-0.39, 0.29) is 22.6 Å². The minimum atomic E-state index is -4.28. The highest BCUT2D eigenvalue weighted by molar-refractivity contribution is 7.90. The summed E-state index contributed by atoms with van der Waals surface area (Å²) in [6.07, 6.45) is -0.0898. The van der Waals surface area contributed by atoms with Gasteiger partial charge in [-0.25, -0.2) is 13.1 Å². The van der Waals surface area contributed by atoms with Gasteiger partial charge in [-0.2, -0.15) is 0 Å². The van der Waals surface area contributed by atoms with Crippen molar-refractivity contribution in [3.8, 4) is 0 Å². The molecule has 0 radical (unpaired) electrons. The summed E-state index contributed by atoms with van der Waals surface area (Å²) in [5.41, 5.74) is 0.826. The van der Waals surface area contributed by atoms with Gasteiger partial charge >= 0.3 is 0 Å². The van der Waals surface area contributed by atoms with Crippen molar-refractivity contribution in [3.05, 3.63) is 112 Å². The molecule has 4 aromatic rings. The molecule has 0 heterocycles. The summed E-state index contributed by atoms with van der Waals surface area (Å²) >= 11 is 0. The molecule has 0 fully saturated rings. The molecule has 11 nitrogen and oxygen atoms in total. The van der Waals surface area contributed by atoms with E-state index in [1.165, 1.54) is 35.2 Å². The van der Waals surface area contributed by atoms with E-state index in [1.807, 2.05) is 12.1 Å². The van der Waals surface area contributed by atoms with Crippen LogP contribution in [0.2, 0.25) is 0 Å². The molecule has 43 heavy (non-hydrogen) atoms. The predicted molar refractivity (Wildman–Crippen MR) is 162 cm³/mol. The third kappa shape index (κ3) is 7.41. The van der Waals surface area contributed by atoms with Gasteiger partial charge in [0.2, 0.25) is 11.8 Å². The van der Waals surface area contributed by atoms with Gasteiger partial charge in [0.05, 0.1) is 9.82 Å². The lowest BCUT2D eigenvalue weighted by atomic mass is 9.97. The van der Waals surface area contributed by atoms with Crippen molar-refractivity contribution in [2.24, 2.45) is 5.92 Å². The zero-order valence-corrected chi connectivity index (χ0v) is 24.3. The summed E-state index contributed by atoms with van der Waals surface area (Å²) in [5.74, 6) is -3.35. The van der Waals surface area contributed by atoms with Crippen LogP contribution in [0.15, 0.2) is 95.9 Å². The number of sulfonamides is 1. The van der Waals surface area contributed by atoms with Crippen molar-refractivity contribution in [2.75, 3.05) is 18.4 Å². The Kier molecular flexibility index (Phi) is 9.51. The monoisotopic (exact) mass is 602 g/mol. The number of nitrogens with one attached hydrogen (secondary N) is 2. The minimum Gasteiger partial charge on any atom is -0.343 e. The Morgan fingerprint density at radius 3 is 2.19 bits per heavy atom. The summed E-state index contributed by atoms with van der Waals surface area (Å²) in [5, 5.41) is 15.2. The Morgan fingerprint density at radius 2 is 1.53 bits per heavy atom. The van der Waals surface area contributed by atoms with Crippen molar-refractivity contribution >= 4 is 49.9 Å². The molecule has 3 amide bonds. The first-order valence-corrected chi connectivity index (χ1v) is 15.0. The van der Waals surface area contributed by atoms with E-state index < -0.39 is 38.6 Å². The Bertz CT molecular complexity index is 1790. The Balaban J connectivity index is 1.53. The predicted octanol–water partition coefficient (Wildman–Crippen LogP) is 4.53. The molecule has 12 heteroatoms. The van der Waals surface area contributed by atoms with Crippen molar-refractivity contribution in [2.45, 2.75) is 25.2 Å². The molecule has 0 saturated heterocycles. The minimum absolute atomic E-state index is 0.0898. The maximum Gasteiger partial charge on any atom is 0.270 e. The highest BCUT2D eigenvalue weighted by atomic mass is 32.2. The smallest absolute Gasteiger partial charge is 0.270 e. The average Bonchev–Trinajstić information content (AvgIpc) is 3.00. The van der Waals surface area contributed by atoms with Crippen molar-refractivity contribution in [3.63, 3.8) is 0 Å². The van der Waals surface area contributed by atoms with Crippen molar-refractivity contribution in [1.29, 1.82) is 0 Å². The lowest BCUT2D eigenvalue weighted by Gasteiger charge is -2.24. The summed E-state index contributed by atoms with van der Waals surface area (Å²) in [7, 11) is -4.28. The SMILES string of the molecule is CCN(CC)C(=O)C(Cc1ccc(NC(=O)c2cccc([N+](=O)[O-])c2)cc1)C(=O)NS(=O)(=O)c1ccc2ccccc2c1. The molecule has 0 aliphatic heterocycles. The summed E-state index contributed by atoms with van der Waals surface area (Å²) in [6.45, 7) is 4.19. The molecular weight excluding hydrogens is 572 g/mol. The standard InChI is InChI=1S/C31H30N4O7S/c1-3-34(4-2)31(38)28(30(37)33-43(41,42)27-17-14-22-8-5-6-9-23(22)20-27)18-21-12-15-25(16-13-21)32-29(36)24-10-7-11-26(19-24)35(39)40/h5-17,19-20,28H,3-4,18H2,1-2H3,(H,32,36)(H,33,37). The van der Waals surface area contributed by atoms with Crippen LogP contribution in [0.4, 0.5) is 11.4 Å². The molecule has 222 valence electrons. The maximum absolute atomic E-state index is 13.4. The van der Waals surface area contributed by atoms with Crippen LogP contribution in [0.1, 0.15) is 29.8 Å². The molecule has 4 rings (SSSR count). The number of fused-ring (bicyclic) bond motifs is 1. The molecule has 0 spiro atoms. The zero-order valence-electron chi connectivity index (χ0n) is 23.5. The van der Waals surface area contributed by atoms with Gasteiger partial charge in [0.25, 0.3) is 21.6 Å². The number of carbonyl (C=O) groups excluding carboxylic acids is 3. The first-order chi connectivity index (χ1) is 20.5. The van der Waals surface area contributed by atoms with Gasteiger partial charge in [0.1, 0.15) is 5.92 Å². The number of non-ortho nitro benzene ring substituents is 1. The van der Waals surface area contributed by atoms with Crippen molar-refractivity contribution in [1.82, 2.24) is 9.62 Å². The van der Waals surface area contributed by atoms with E-state index in [0.717, 1.165) is 11.5 Å². The number of hydrogen-bond donors (Lipinski definition) is 2. The fourth-order valence-electron chi connectivity index (χ4n) is 4.57. The van der Waals surface area contributed by atoms with E-state index in [9.17, 15) is 32.9 Å². The van der Waals surface area contributed by atoms with Gasteiger partial charge in [-0.1, -0.05) is 48.5 Å². The second-order valence-electron chi connectivity index (χ2n) is 9.70. The third-order valence-corrected chi connectivity index (χ3v) is 8.27. The number of amides is 3. The average molecular weight is 603 g/mol. The number of carbonyl (C=O) groups is 3. The number of nitro benzene ring substituents is 1. The van der Waals surface area contributed by atoms with Gasteiger partial charge in [-0.3, -0.25) is 24.5 Å². The van der Waals surface area contributed by atoms with Gasteiger partial charge in [0.15, 0.2) is 0 Å². The summed E-state index contributed by atoms with van der Waals surface area (Å²) in [4.78, 5) is 51.1. The second kappa shape index (κ2) is 13.3. The van der Waals surface area contributed by atoms with E-state index >= 15 is 0 Å². The van der Waals surface area contributed by atoms with Crippen LogP contribution in [0.3, 0.4) is 0 Å². The van der Waals surface area contributed by atoms with Crippen LogP contribution in [-0.2, 0) is 26.0 Å². The summed E-state index contributed by atoms with van der Waals surface area (Å²) < 4.78 is 28.4. The molecule has 0 aliphatic rings. The van der Waals surface area contributed by atoms with Gasteiger partial charge in [-0.05, 0) is 66.9 Å². The molecular formula is C31H30N4O7S. The van der Waals surface area contributed by atoms with Crippen LogP contribution in [0, 0.1) is 16.0 Å². The van der Waals surface area contributed by atoms with Crippen LogP contribution >= 0.6 is 0 Å². The number of nitro groups is 1. The lowest BCUT2D eigenvalue weighted by Crippen LogP contribution is -2.46. The maximum atomic E-state index is 13.4. The Morgan fingerprint density at radius 1 is 0.860 bits per heavy atom. The molecule has 2 N–H and O–H groups in total. The van der Waals surface area contributed by atoms with E-state index in [1.54, 1.807) is 56.3 Å². The number of anilines is 1. The molecule has 4 aromatic carbocycles. The molecule has 0 aliphatic carbocycles. The molecule has 0 aromatic heterocycles. The highest BCUT2D eigenvalue weighted by Crippen LogP contribution is 2.21. The van der Waals surface area contributed by atoms with Crippen LogP contribution in [0.5, 0.6) is 0 Å². The normalized spacial score (nSPS) is 11.9. The van der Waals surface area contributed by atoms with Crippen LogP contribution < -0.4 is 10.0 Å². The van der Waals surface area contributed by atoms with Crippen molar-refractivity contribution < 1.29 is 27.7 Å². The highest BCUT2D eigenvalue weighted by Gasteiger charge is 2.33. The molecule has 0 bridgehead atoms. The van der Waals surface area contributed by atoms with Gasteiger partial charge in [-0.15, -0.1) is 0 Å². The summed E-state index contributed by atoms with van der Waals surface area (Å²) in [6, 6.07) is 23.4. The van der Waals surface area contributed by atoms with Crippen LogP contribution in [0.25, 0.3) is 10.8 Å². The van der Waals surface area contributed by atoms with Gasteiger partial charge < -0.3 is 10.2 Å². The molecule has 1 unspecified atom stereocenters. The topological polar surface area (TPSA) is 156 Å². The Labute approximate surface area is 248 Å². The fourth-order valence-corrected chi connectivity index (χ4v) is 5.62. The third-order valence-electron chi connectivity index (χ3n) is 6.93. The zero-order chi connectivity index (χ0) is 31.1. The lowest BCUT2D eigenvalue weighted by molar-refractivity contribution is -0.384. The molecule has 0 saturated carbocycles. The number of hydrogen-bond acceptors (Lipinski definition) is 7. The van der Waals surface area contributed by atoms with Crippen LogP contribution in [-0.4, -0.2) is 49.1 Å². The number of benzene rings is 4.